The van der Waals surface area contributed by atoms with E-state index in [4.69, 9.17) is 4.74 Å². The summed E-state index contributed by atoms with van der Waals surface area (Å²) in [6.07, 6.45) is -2.81. The zero-order valence-electron chi connectivity index (χ0n) is 13.8. The van der Waals surface area contributed by atoms with Crippen molar-refractivity contribution in [2.24, 2.45) is 5.92 Å². The van der Waals surface area contributed by atoms with Crippen LogP contribution >= 0.6 is 0 Å². The molecular weight excluding hydrogens is 323 g/mol. The van der Waals surface area contributed by atoms with Gasteiger partial charge in [0.15, 0.2) is 0 Å². The topological polar surface area (TPSA) is 38.8 Å². The van der Waals surface area contributed by atoms with E-state index in [2.05, 4.69) is 4.74 Å². The number of methoxy groups -OCH3 is 1. The summed E-state index contributed by atoms with van der Waals surface area (Å²) in [6.45, 7) is 1.37. The highest BCUT2D eigenvalue weighted by Crippen LogP contribution is 2.36. The molecule has 0 aromatic heterocycles. The molecule has 2 atom stereocenters. The summed E-state index contributed by atoms with van der Waals surface area (Å²) in [5.41, 5.74) is 0.0700. The Labute approximate surface area is 139 Å². The minimum absolute atomic E-state index is 0.116. The van der Waals surface area contributed by atoms with E-state index >= 15 is 0 Å². The van der Waals surface area contributed by atoms with Crippen LogP contribution in [0.25, 0.3) is 0 Å². The molecule has 1 fully saturated rings. The summed E-state index contributed by atoms with van der Waals surface area (Å²) in [5.74, 6) is -0.203. The lowest BCUT2D eigenvalue weighted by Crippen LogP contribution is -2.36. The molecule has 7 heteroatoms. The molecule has 0 saturated carbocycles. The fourth-order valence-electron chi connectivity index (χ4n) is 3.01. The SMILES string of the molecule is COC(=O)CN(C)C[C@@H]1CCCO[C@H]1c1ccc(C(F)(F)F)cc1. The number of carbonyl (C=O) groups is 1. The molecule has 4 nitrogen and oxygen atoms in total. The minimum Gasteiger partial charge on any atom is -0.468 e. The zero-order chi connectivity index (χ0) is 17.7. The van der Waals surface area contributed by atoms with Crippen LogP contribution in [0.3, 0.4) is 0 Å². The second-order valence-corrected chi connectivity index (χ2v) is 6.09. The van der Waals surface area contributed by atoms with Crippen LogP contribution in [0.1, 0.15) is 30.1 Å². The van der Waals surface area contributed by atoms with Gasteiger partial charge in [0.2, 0.25) is 0 Å². The Morgan fingerprint density at radius 1 is 1.33 bits per heavy atom. The van der Waals surface area contributed by atoms with Crippen molar-refractivity contribution in [1.82, 2.24) is 4.90 Å². The van der Waals surface area contributed by atoms with Crippen molar-refractivity contribution in [3.63, 3.8) is 0 Å². The summed E-state index contributed by atoms with van der Waals surface area (Å²) >= 11 is 0. The van der Waals surface area contributed by atoms with Gasteiger partial charge in [-0.05, 0) is 37.6 Å². The van der Waals surface area contributed by atoms with Crippen LogP contribution in [0.2, 0.25) is 0 Å². The molecular formula is C17H22F3NO3. The maximum atomic E-state index is 12.7. The first-order valence-electron chi connectivity index (χ1n) is 7.85. The lowest BCUT2D eigenvalue weighted by atomic mass is 9.88. The van der Waals surface area contributed by atoms with Gasteiger partial charge in [-0.2, -0.15) is 13.2 Å². The van der Waals surface area contributed by atoms with E-state index < -0.39 is 11.7 Å². The molecule has 1 aromatic carbocycles. The van der Waals surface area contributed by atoms with E-state index in [0.717, 1.165) is 30.5 Å². The molecule has 0 radical (unpaired) electrons. The number of alkyl halides is 3. The van der Waals surface area contributed by atoms with Gasteiger partial charge in [-0.25, -0.2) is 0 Å². The lowest BCUT2D eigenvalue weighted by molar-refractivity contribution is -0.142. The number of hydrogen-bond acceptors (Lipinski definition) is 4. The molecule has 1 aliphatic rings. The Bertz CT molecular complexity index is 545. The van der Waals surface area contributed by atoms with Crippen molar-refractivity contribution in [2.45, 2.75) is 25.1 Å². The lowest BCUT2D eigenvalue weighted by Gasteiger charge is -2.34. The highest BCUT2D eigenvalue weighted by Gasteiger charge is 2.32. The third kappa shape index (κ3) is 4.95. The fourth-order valence-corrected chi connectivity index (χ4v) is 3.01. The second-order valence-electron chi connectivity index (χ2n) is 6.09. The van der Waals surface area contributed by atoms with Crippen LogP contribution in [-0.4, -0.2) is 44.7 Å². The molecule has 1 aliphatic heterocycles. The molecule has 0 aliphatic carbocycles. The maximum Gasteiger partial charge on any atom is 0.416 e. The average Bonchev–Trinajstić information content (AvgIpc) is 2.54. The van der Waals surface area contributed by atoms with Crippen molar-refractivity contribution in [3.8, 4) is 0 Å². The number of rotatable bonds is 5. The van der Waals surface area contributed by atoms with Crippen LogP contribution in [0.15, 0.2) is 24.3 Å². The van der Waals surface area contributed by atoms with Gasteiger partial charge in [0.25, 0.3) is 0 Å². The first-order valence-corrected chi connectivity index (χ1v) is 7.85. The van der Waals surface area contributed by atoms with Gasteiger partial charge in [-0.3, -0.25) is 9.69 Å². The average molecular weight is 345 g/mol. The maximum absolute atomic E-state index is 12.7. The molecule has 24 heavy (non-hydrogen) atoms. The number of halogens is 3. The Balaban J connectivity index is 2.07. The van der Waals surface area contributed by atoms with E-state index in [1.54, 1.807) is 0 Å². The molecule has 0 spiro atoms. The summed E-state index contributed by atoms with van der Waals surface area (Å²) in [4.78, 5) is 13.2. The Hall–Kier alpha value is -1.60. The first kappa shape index (κ1) is 18.7. The fraction of sp³-hybridized carbons (Fsp3) is 0.588. The molecule has 0 bridgehead atoms. The van der Waals surface area contributed by atoms with Crippen LogP contribution in [-0.2, 0) is 20.4 Å². The van der Waals surface area contributed by atoms with Crippen molar-refractivity contribution in [1.29, 1.82) is 0 Å². The molecule has 134 valence electrons. The standard InChI is InChI=1S/C17H22F3NO3/c1-21(11-15(22)23-2)10-13-4-3-9-24-16(13)12-5-7-14(8-6-12)17(18,19)20/h5-8,13,16H,3-4,9-11H2,1-2H3/t13-,16-/m0/s1. The van der Waals surface area contributed by atoms with Crippen LogP contribution < -0.4 is 0 Å². The number of esters is 1. The monoisotopic (exact) mass is 345 g/mol. The van der Waals surface area contributed by atoms with Crippen LogP contribution in [0, 0.1) is 5.92 Å². The summed E-state index contributed by atoms with van der Waals surface area (Å²) < 4.78 is 48.5. The highest BCUT2D eigenvalue weighted by atomic mass is 19.4. The largest absolute Gasteiger partial charge is 0.468 e. The Morgan fingerprint density at radius 2 is 2.00 bits per heavy atom. The van der Waals surface area contributed by atoms with Gasteiger partial charge < -0.3 is 9.47 Å². The number of likely N-dealkylation sites (N-methyl/N-ethyl adjacent to an activating group) is 1. The van der Waals surface area contributed by atoms with Gasteiger partial charge in [-0.1, -0.05) is 12.1 Å². The summed E-state index contributed by atoms with van der Waals surface area (Å²) in [6, 6.07) is 5.13. The number of nitrogens with zero attached hydrogens (tertiary/aromatic N) is 1. The van der Waals surface area contributed by atoms with E-state index in [1.165, 1.54) is 19.2 Å². The minimum atomic E-state index is -4.34. The summed E-state index contributed by atoms with van der Waals surface area (Å²) in [5, 5.41) is 0. The quantitative estimate of drug-likeness (QED) is 0.768. The van der Waals surface area contributed by atoms with E-state index in [-0.39, 0.29) is 24.5 Å². The third-order valence-corrected chi connectivity index (χ3v) is 4.18. The highest BCUT2D eigenvalue weighted by molar-refractivity contribution is 5.71. The predicted octanol–water partition coefficient (Wildman–Crippen LogP) is 3.28. The molecule has 2 rings (SSSR count). The zero-order valence-corrected chi connectivity index (χ0v) is 13.8. The molecule has 1 aromatic rings. The van der Waals surface area contributed by atoms with Crippen molar-refractivity contribution >= 4 is 5.97 Å². The van der Waals surface area contributed by atoms with Crippen LogP contribution in [0.4, 0.5) is 13.2 Å². The second kappa shape index (κ2) is 7.98. The summed E-state index contributed by atoms with van der Waals surface area (Å²) in [7, 11) is 3.15. The normalized spacial score (nSPS) is 21.8. The Morgan fingerprint density at radius 3 is 2.58 bits per heavy atom. The van der Waals surface area contributed by atoms with E-state index in [1.807, 2.05) is 11.9 Å². The van der Waals surface area contributed by atoms with Gasteiger partial charge in [0.05, 0.1) is 25.3 Å². The molecule has 0 N–H and O–H groups in total. The van der Waals surface area contributed by atoms with Gasteiger partial charge in [0, 0.05) is 19.1 Å². The number of carbonyl (C=O) groups excluding carboxylic acids is 1. The molecule has 0 unspecified atom stereocenters. The number of hydrogen-bond donors (Lipinski definition) is 0. The first-order chi connectivity index (χ1) is 11.3. The van der Waals surface area contributed by atoms with Gasteiger partial charge >= 0.3 is 12.1 Å². The number of benzene rings is 1. The number of ether oxygens (including phenoxy) is 2. The molecule has 1 heterocycles. The van der Waals surface area contributed by atoms with E-state index in [0.29, 0.717) is 13.2 Å². The van der Waals surface area contributed by atoms with E-state index in [9.17, 15) is 18.0 Å². The predicted molar refractivity (Wildman–Crippen MR) is 82.4 cm³/mol. The molecule has 0 amide bonds. The van der Waals surface area contributed by atoms with Crippen molar-refractivity contribution in [3.05, 3.63) is 35.4 Å². The van der Waals surface area contributed by atoms with Gasteiger partial charge in [0.1, 0.15) is 0 Å². The third-order valence-electron chi connectivity index (χ3n) is 4.18. The van der Waals surface area contributed by atoms with Crippen molar-refractivity contribution in [2.75, 3.05) is 33.9 Å². The van der Waals surface area contributed by atoms with Crippen LogP contribution in [0.5, 0.6) is 0 Å². The van der Waals surface area contributed by atoms with Gasteiger partial charge in [-0.15, -0.1) is 0 Å². The van der Waals surface area contributed by atoms with Crippen molar-refractivity contribution < 1.29 is 27.4 Å². The Kier molecular flexibility index (Phi) is 6.23. The smallest absolute Gasteiger partial charge is 0.416 e. The molecule has 1 saturated heterocycles.